The Bertz CT molecular complexity index is 1370. The first-order chi connectivity index (χ1) is 17.3. The molecule has 0 N–H and O–H groups in total. The van der Waals surface area contributed by atoms with E-state index in [1.54, 1.807) is 26.4 Å². The van der Waals surface area contributed by atoms with Gasteiger partial charge >= 0.3 is 0 Å². The Kier molecular flexibility index (Phi) is 6.90. The number of anilines is 1. The zero-order chi connectivity index (χ0) is 25.9. The topological polar surface area (TPSA) is 59.1 Å². The number of hydrogen-bond acceptors (Lipinski definition) is 5. The Morgan fingerprint density at radius 3 is 2.56 bits per heavy atom. The Labute approximate surface area is 212 Å². The monoisotopic (exact) mass is 479 g/mol. The van der Waals surface area contributed by atoms with Gasteiger partial charge in [0.15, 0.2) is 0 Å². The minimum absolute atomic E-state index is 0.00967. The number of nitriles is 1. The van der Waals surface area contributed by atoms with Crippen LogP contribution in [0.4, 0.5) is 5.69 Å². The molecule has 0 aromatic heterocycles. The minimum atomic E-state index is -0.0959. The molecule has 6 heteroatoms. The van der Waals surface area contributed by atoms with Gasteiger partial charge in [0.2, 0.25) is 0 Å². The lowest BCUT2D eigenvalue weighted by Gasteiger charge is -2.40. The lowest BCUT2D eigenvalue weighted by Crippen LogP contribution is -2.35. The molecule has 0 saturated heterocycles. The molecule has 0 radical (unpaired) electrons. The maximum absolute atomic E-state index is 9.46. The molecule has 0 atom stereocenters. The molecule has 0 saturated carbocycles. The number of hydrogen-bond donors (Lipinski definition) is 0. The Balaban J connectivity index is 1.82. The van der Waals surface area contributed by atoms with Gasteiger partial charge in [-0.05, 0) is 47.8 Å². The van der Waals surface area contributed by atoms with Crippen LogP contribution in [0, 0.1) is 17.9 Å². The first kappa shape index (κ1) is 24.7. The van der Waals surface area contributed by atoms with Crippen LogP contribution in [0.25, 0.3) is 16.7 Å². The molecule has 0 bridgehead atoms. The first-order valence-corrected chi connectivity index (χ1v) is 11.7. The SMILES string of the molecule is [C-]#[N+]C(C#N)=C1C=C(C=Cc2cc(OC)c3c(c2OC)C(C)(C)CCN3C)OC(c2ccccc2)=C1. The predicted molar refractivity (Wildman–Crippen MR) is 142 cm³/mol. The molecule has 2 aliphatic rings. The molecule has 182 valence electrons. The van der Waals surface area contributed by atoms with Crippen molar-refractivity contribution in [3.05, 3.63) is 99.8 Å². The van der Waals surface area contributed by atoms with Crippen LogP contribution < -0.4 is 14.4 Å². The number of ether oxygens (including phenoxy) is 3. The highest BCUT2D eigenvalue weighted by Gasteiger charge is 2.36. The van der Waals surface area contributed by atoms with Crippen molar-refractivity contribution in [2.24, 2.45) is 0 Å². The summed E-state index contributed by atoms with van der Waals surface area (Å²) in [5.41, 5.74) is 4.29. The largest absolute Gasteiger partial charge is 0.496 e. The molecule has 2 aromatic carbocycles. The van der Waals surface area contributed by atoms with Gasteiger partial charge in [-0.25, -0.2) is 10.1 Å². The first-order valence-electron chi connectivity index (χ1n) is 11.7. The molecule has 2 heterocycles. The van der Waals surface area contributed by atoms with Crippen molar-refractivity contribution in [3.8, 4) is 17.6 Å². The summed E-state index contributed by atoms with van der Waals surface area (Å²) in [5.74, 6) is 2.66. The lowest BCUT2D eigenvalue weighted by atomic mass is 9.76. The van der Waals surface area contributed by atoms with Crippen molar-refractivity contribution in [2.45, 2.75) is 25.7 Å². The second kappa shape index (κ2) is 10.1. The Hall–Kier alpha value is -4.42. The van der Waals surface area contributed by atoms with Gasteiger partial charge in [0, 0.05) is 30.3 Å². The van der Waals surface area contributed by atoms with Crippen molar-refractivity contribution in [1.82, 2.24) is 0 Å². The highest BCUT2D eigenvalue weighted by Crippen LogP contribution is 2.51. The summed E-state index contributed by atoms with van der Waals surface area (Å²) in [6, 6.07) is 13.6. The summed E-state index contributed by atoms with van der Waals surface area (Å²) in [4.78, 5) is 5.60. The Morgan fingerprint density at radius 1 is 1.17 bits per heavy atom. The lowest BCUT2D eigenvalue weighted by molar-refractivity contribution is 0.368. The third kappa shape index (κ3) is 4.59. The zero-order valence-corrected chi connectivity index (χ0v) is 21.3. The molecule has 0 unspecified atom stereocenters. The number of allylic oxidation sites excluding steroid dienone is 5. The number of nitrogens with zero attached hydrogens (tertiary/aromatic N) is 3. The summed E-state index contributed by atoms with van der Waals surface area (Å²) in [6.07, 6.45) is 8.18. The van der Waals surface area contributed by atoms with Crippen LogP contribution in [-0.4, -0.2) is 27.8 Å². The maximum Gasteiger partial charge on any atom is 0.269 e. The van der Waals surface area contributed by atoms with Crippen molar-refractivity contribution in [1.29, 1.82) is 5.26 Å². The summed E-state index contributed by atoms with van der Waals surface area (Å²) in [5, 5.41) is 9.46. The van der Waals surface area contributed by atoms with Crippen molar-refractivity contribution < 1.29 is 14.2 Å². The van der Waals surface area contributed by atoms with Crippen LogP contribution in [0.3, 0.4) is 0 Å². The number of rotatable bonds is 5. The fraction of sp³-hybridized carbons (Fsp3) is 0.267. The highest BCUT2D eigenvalue weighted by molar-refractivity contribution is 5.78. The van der Waals surface area contributed by atoms with Crippen molar-refractivity contribution in [3.63, 3.8) is 0 Å². The van der Waals surface area contributed by atoms with E-state index in [4.69, 9.17) is 20.8 Å². The molecular formula is C30H29N3O3. The summed E-state index contributed by atoms with van der Waals surface area (Å²) in [7, 11) is 5.44. The summed E-state index contributed by atoms with van der Waals surface area (Å²) >= 11 is 0. The van der Waals surface area contributed by atoms with Crippen LogP contribution in [0.2, 0.25) is 0 Å². The average molecular weight is 480 g/mol. The van der Waals surface area contributed by atoms with Gasteiger partial charge in [0.25, 0.3) is 5.70 Å². The van der Waals surface area contributed by atoms with Crippen molar-refractivity contribution >= 4 is 17.5 Å². The van der Waals surface area contributed by atoms with Gasteiger partial charge in [-0.1, -0.05) is 44.2 Å². The molecule has 4 rings (SSSR count). The van der Waals surface area contributed by atoms with Gasteiger partial charge in [0.1, 0.15) is 23.0 Å². The van der Waals surface area contributed by atoms with Crippen LogP contribution >= 0.6 is 0 Å². The fourth-order valence-electron chi connectivity index (χ4n) is 4.65. The minimum Gasteiger partial charge on any atom is -0.496 e. The average Bonchev–Trinajstić information content (AvgIpc) is 2.90. The quantitative estimate of drug-likeness (QED) is 0.363. The molecule has 0 spiro atoms. The smallest absolute Gasteiger partial charge is 0.269 e. The molecular weight excluding hydrogens is 450 g/mol. The summed E-state index contributed by atoms with van der Waals surface area (Å²) in [6.45, 7) is 12.8. The van der Waals surface area contributed by atoms with E-state index in [-0.39, 0.29) is 11.1 Å². The van der Waals surface area contributed by atoms with Gasteiger partial charge in [-0.2, -0.15) is 0 Å². The van der Waals surface area contributed by atoms with Crippen LogP contribution in [0.15, 0.2) is 71.7 Å². The molecule has 0 amide bonds. The van der Waals surface area contributed by atoms with Gasteiger partial charge < -0.3 is 19.1 Å². The van der Waals surface area contributed by atoms with E-state index in [1.165, 1.54) is 0 Å². The van der Waals surface area contributed by atoms with E-state index >= 15 is 0 Å². The number of methoxy groups -OCH3 is 2. The second-order valence-electron chi connectivity index (χ2n) is 9.36. The van der Waals surface area contributed by atoms with E-state index in [2.05, 4.69) is 30.6 Å². The predicted octanol–water partition coefficient (Wildman–Crippen LogP) is 6.49. The summed E-state index contributed by atoms with van der Waals surface area (Å²) < 4.78 is 17.9. The fourth-order valence-corrected chi connectivity index (χ4v) is 4.65. The Morgan fingerprint density at radius 2 is 1.92 bits per heavy atom. The van der Waals surface area contributed by atoms with Gasteiger partial charge in [-0.15, -0.1) is 0 Å². The molecule has 2 aliphatic heterocycles. The number of benzene rings is 2. The molecule has 0 fully saturated rings. The normalized spacial score (nSPS) is 17.7. The van der Waals surface area contributed by atoms with Crippen LogP contribution in [0.5, 0.6) is 11.5 Å². The van der Waals surface area contributed by atoms with E-state index in [0.29, 0.717) is 17.1 Å². The maximum atomic E-state index is 9.46. The van der Waals surface area contributed by atoms with E-state index in [9.17, 15) is 5.26 Å². The number of fused-ring (bicyclic) bond motifs is 1. The molecule has 0 aliphatic carbocycles. The third-order valence-electron chi connectivity index (χ3n) is 6.59. The molecule has 6 nitrogen and oxygen atoms in total. The zero-order valence-electron chi connectivity index (χ0n) is 21.3. The van der Waals surface area contributed by atoms with Crippen LogP contribution in [-0.2, 0) is 10.2 Å². The van der Waals surface area contributed by atoms with E-state index < -0.39 is 0 Å². The van der Waals surface area contributed by atoms with E-state index in [1.807, 2.05) is 54.6 Å². The van der Waals surface area contributed by atoms with Gasteiger partial charge in [-0.3, -0.25) is 0 Å². The van der Waals surface area contributed by atoms with Crippen molar-refractivity contribution in [2.75, 3.05) is 32.7 Å². The van der Waals surface area contributed by atoms with Gasteiger partial charge in [0.05, 0.1) is 32.5 Å². The highest BCUT2D eigenvalue weighted by atomic mass is 16.5. The van der Waals surface area contributed by atoms with Crippen LogP contribution in [0.1, 0.15) is 37.0 Å². The third-order valence-corrected chi connectivity index (χ3v) is 6.59. The standard InChI is InChI=1S/C30H29N3O3/c1-30(2)14-15-33(4)28-26(34-5)17-21(29(35-6)27(28)30)12-13-23-16-22(24(19-31)32-3)18-25(36-23)20-10-8-7-9-11-20/h7-13,16-18H,14-15H2,1-2,4-6H3. The van der Waals surface area contributed by atoms with E-state index in [0.717, 1.165) is 46.8 Å². The second-order valence-corrected chi connectivity index (χ2v) is 9.36. The molecule has 2 aromatic rings. The molecule has 36 heavy (non-hydrogen) atoms.